The van der Waals surface area contributed by atoms with Crippen LogP contribution in [0.4, 0.5) is 0 Å². The van der Waals surface area contributed by atoms with E-state index in [0.717, 1.165) is 38.5 Å². The average molecular weight is 1150 g/mol. The number of allylic oxidation sites excluding steroid dienone is 4. The largest absolute Gasteiger partial charge is 0.394 e. The molecule has 0 aliphatic carbocycles. The summed E-state index contributed by atoms with van der Waals surface area (Å²) in [5.41, 5.74) is 0. The van der Waals surface area contributed by atoms with Crippen molar-refractivity contribution in [1.82, 2.24) is 5.32 Å². The number of hydrogen-bond acceptors (Lipinski definition) is 10. The second kappa shape index (κ2) is 58.9. The van der Waals surface area contributed by atoms with Crippen LogP contribution in [0.1, 0.15) is 348 Å². The second-order valence-corrected chi connectivity index (χ2v) is 25.0. The molecule has 1 aliphatic heterocycles. The van der Waals surface area contributed by atoms with E-state index in [0.29, 0.717) is 19.3 Å². The molecule has 0 aromatic heterocycles. The first-order valence-corrected chi connectivity index (χ1v) is 35.2. The zero-order chi connectivity index (χ0) is 58.9. The number of unbranched alkanes of at least 4 members (excludes halogenated alkanes) is 46. The number of carbonyl (C=O) groups excluding carboxylic acids is 1. The first-order valence-electron chi connectivity index (χ1n) is 35.2. The van der Waals surface area contributed by atoms with E-state index in [1.54, 1.807) is 0 Å². The van der Waals surface area contributed by atoms with Gasteiger partial charge in [-0.15, -0.1) is 0 Å². The quantitative estimate of drug-likeness (QED) is 0.0215. The molecule has 1 aliphatic rings. The van der Waals surface area contributed by atoms with Gasteiger partial charge in [0.15, 0.2) is 6.29 Å². The molecule has 9 unspecified atom stereocenters. The number of amides is 1. The van der Waals surface area contributed by atoms with Gasteiger partial charge in [0.1, 0.15) is 36.6 Å². The minimum Gasteiger partial charge on any atom is -0.394 e. The van der Waals surface area contributed by atoms with E-state index in [-0.39, 0.29) is 12.8 Å². The Hall–Kier alpha value is -1.41. The van der Waals surface area contributed by atoms with Crippen LogP contribution in [0, 0.1) is 0 Å². The van der Waals surface area contributed by atoms with Gasteiger partial charge in [-0.05, 0) is 51.4 Å². The molecule has 0 saturated carbocycles. The number of ether oxygens (including phenoxy) is 2. The highest BCUT2D eigenvalue weighted by molar-refractivity contribution is 5.80. The molecular formula is C70H135NO10. The van der Waals surface area contributed by atoms with E-state index in [1.165, 1.54) is 263 Å². The fourth-order valence-electron chi connectivity index (χ4n) is 11.6. The maximum absolute atomic E-state index is 13.2. The predicted octanol–water partition coefficient (Wildman–Crippen LogP) is 16.8. The summed E-state index contributed by atoms with van der Waals surface area (Å²) in [5.74, 6) is -0.703. The van der Waals surface area contributed by atoms with Crippen molar-refractivity contribution < 1.29 is 50.0 Å². The molecule has 0 radical (unpaired) electrons. The molecule has 0 aromatic rings. The fraction of sp³-hybridized carbons (Fsp3) is 0.929. The highest BCUT2D eigenvalue weighted by Crippen LogP contribution is 2.24. The highest BCUT2D eigenvalue weighted by Gasteiger charge is 2.44. The molecule has 11 heteroatoms. The molecule has 0 aromatic carbocycles. The average Bonchev–Trinajstić information content (AvgIpc) is 3.51. The summed E-state index contributed by atoms with van der Waals surface area (Å²) in [4.78, 5) is 13.2. The predicted molar refractivity (Wildman–Crippen MR) is 339 cm³/mol. The van der Waals surface area contributed by atoms with Crippen molar-refractivity contribution in [1.29, 1.82) is 0 Å². The van der Waals surface area contributed by atoms with Crippen molar-refractivity contribution in [2.75, 3.05) is 13.2 Å². The Bertz CT molecular complexity index is 1370. The van der Waals surface area contributed by atoms with Crippen molar-refractivity contribution in [3.63, 3.8) is 0 Å². The SMILES string of the molecule is CCCCCCCCCCCCCCCCCCCCCCCCC/C=C/CC/C=C/CCCC(O)C(O)C(COC1OC(CO)C(O)C(O)C1O)NC(=O)C(O)CCCCCCCCCCCCCCCCCCCCCCCC. The van der Waals surface area contributed by atoms with Crippen molar-refractivity contribution in [2.24, 2.45) is 0 Å². The lowest BCUT2D eigenvalue weighted by Crippen LogP contribution is -2.60. The first-order chi connectivity index (χ1) is 39.7. The molecule has 1 rings (SSSR count). The summed E-state index contributed by atoms with van der Waals surface area (Å²) < 4.78 is 11.2. The fourth-order valence-corrected chi connectivity index (χ4v) is 11.6. The number of aliphatic hydroxyl groups is 7. The van der Waals surface area contributed by atoms with E-state index in [9.17, 15) is 40.5 Å². The highest BCUT2D eigenvalue weighted by atomic mass is 16.7. The van der Waals surface area contributed by atoms with Gasteiger partial charge in [0, 0.05) is 0 Å². The van der Waals surface area contributed by atoms with Gasteiger partial charge in [-0.2, -0.15) is 0 Å². The summed E-state index contributed by atoms with van der Waals surface area (Å²) in [5, 5.41) is 76.4. The monoisotopic (exact) mass is 1150 g/mol. The third-order valence-electron chi connectivity index (χ3n) is 17.2. The zero-order valence-corrected chi connectivity index (χ0v) is 53.0. The van der Waals surface area contributed by atoms with Crippen LogP contribution in [0.2, 0.25) is 0 Å². The number of aliphatic hydroxyl groups excluding tert-OH is 7. The Balaban J connectivity index is 2.21. The van der Waals surface area contributed by atoms with E-state index in [1.807, 2.05) is 0 Å². The number of rotatable bonds is 62. The topological polar surface area (TPSA) is 189 Å². The molecule has 8 N–H and O–H groups in total. The van der Waals surface area contributed by atoms with Crippen molar-refractivity contribution >= 4 is 5.91 Å². The Morgan fingerprint density at radius 2 is 0.741 bits per heavy atom. The van der Waals surface area contributed by atoms with Crippen LogP contribution in [0.3, 0.4) is 0 Å². The Labute approximate surface area is 499 Å². The van der Waals surface area contributed by atoms with Crippen LogP contribution >= 0.6 is 0 Å². The standard InChI is InChI=1S/C70H135NO10/c1-3-5-7-9-11-13-15-17-19-21-23-25-27-28-29-30-31-32-33-34-35-36-38-39-41-43-45-47-49-51-53-55-57-62(73)65(75)61(60-80-70-68(78)67(77)66(76)64(59-72)81-70)71-69(79)63(74)58-56-54-52-50-48-46-44-42-40-37-26-24-22-20-18-16-14-12-10-8-6-4-2/h41,43,49,51,61-68,70,72-78H,3-40,42,44-48,50,52-60H2,1-2H3,(H,71,79)/b43-41+,51-49+. The number of carbonyl (C=O) groups is 1. The van der Waals surface area contributed by atoms with Gasteiger partial charge in [0.25, 0.3) is 0 Å². The minimum absolute atomic E-state index is 0.249. The van der Waals surface area contributed by atoms with Gasteiger partial charge in [-0.1, -0.05) is 321 Å². The molecule has 1 fully saturated rings. The van der Waals surface area contributed by atoms with Crippen LogP contribution < -0.4 is 5.32 Å². The summed E-state index contributed by atoms with van der Waals surface area (Å²) in [7, 11) is 0. The van der Waals surface area contributed by atoms with Crippen LogP contribution in [0.15, 0.2) is 24.3 Å². The van der Waals surface area contributed by atoms with Gasteiger partial charge in [0.05, 0.1) is 25.4 Å². The molecule has 9 atom stereocenters. The van der Waals surface area contributed by atoms with Crippen molar-refractivity contribution in [2.45, 2.75) is 403 Å². The summed E-state index contributed by atoms with van der Waals surface area (Å²) in [6.07, 6.45) is 62.7. The van der Waals surface area contributed by atoms with Gasteiger partial charge >= 0.3 is 0 Å². The molecule has 480 valence electrons. The maximum atomic E-state index is 13.2. The van der Waals surface area contributed by atoms with Crippen molar-refractivity contribution in [3.05, 3.63) is 24.3 Å². The summed E-state index contributed by atoms with van der Waals surface area (Å²) >= 11 is 0. The molecule has 81 heavy (non-hydrogen) atoms. The lowest BCUT2D eigenvalue weighted by Gasteiger charge is -2.40. The summed E-state index contributed by atoms with van der Waals surface area (Å²) in [6.45, 7) is 3.50. The Kier molecular flexibility index (Phi) is 56.5. The second-order valence-electron chi connectivity index (χ2n) is 25.0. The molecule has 1 saturated heterocycles. The normalized spacial score (nSPS) is 19.2. The van der Waals surface area contributed by atoms with Crippen LogP contribution in [-0.4, -0.2) is 110 Å². The lowest BCUT2D eigenvalue weighted by atomic mass is 9.98. The first kappa shape index (κ1) is 77.6. The van der Waals surface area contributed by atoms with Crippen LogP contribution in [0.25, 0.3) is 0 Å². The molecule has 1 heterocycles. The maximum Gasteiger partial charge on any atom is 0.249 e. The van der Waals surface area contributed by atoms with Gasteiger partial charge in [0.2, 0.25) is 5.91 Å². The lowest BCUT2D eigenvalue weighted by molar-refractivity contribution is -0.303. The smallest absolute Gasteiger partial charge is 0.249 e. The van der Waals surface area contributed by atoms with E-state index in [4.69, 9.17) is 9.47 Å². The molecule has 0 spiro atoms. The summed E-state index contributed by atoms with van der Waals surface area (Å²) in [6, 6.07) is -1.19. The Morgan fingerprint density at radius 3 is 1.10 bits per heavy atom. The third kappa shape index (κ3) is 46.5. The van der Waals surface area contributed by atoms with E-state index in [2.05, 4.69) is 43.5 Å². The molecule has 0 bridgehead atoms. The van der Waals surface area contributed by atoms with Crippen LogP contribution in [0.5, 0.6) is 0 Å². The molecular weight excluding hydrogens is 1010 g/mol. The third-order valence-corrected chi connectivity index (χ3v) is 17.2. The van der Waals surface area contributed by atoms with E-state index < -0.39 is 74.2 Å². The van der Waals surface area contributed by atoms with Crippen LogP contribution in [-0.2, 0) is 14.3 Å². The van der Waals surface area contributed by atoms with Gasteiger partial charge in [-0.25, -0.2) is 0 Å². The number of hydrogen-bond donors (Lipinski definition) is 8. The van der Waals surface area contributed by atoms with E-state index >= 15 is 0 Å². The molecule has 1 amide bonds. The minimum atomic E-state index is -1.67. The zero-order valence-electron chi connectivity index (χ0n) is 53.0. The van der Waals surface area contributed by atoms with Gasteiger partial charge in [-0.3, -0.25) is 4.79 Å². The van der Waals surface area contributed by atoms with Gasteiger partial charge < -0.3 is 50.5 Å². The Morgan fingerprint density at radius 1 is 0.420 bits per heavy atom. The molecule has 11 nitrogen and oxygen atoms in total. The van der Waals surface area contributed by atoms with Crippen molar-refractivity contribution in [3.8, 4) is 0 Å². The number of nitrogens with one attached hydrogen (secondary N) is 1.